The lowest BCUT2D eigenvalue weighted by atomic mass is 10.2. The van der Waals surface area contributed by atoms with Crippen LogP contribution >= 0.6 is 0 Å². The molecule has 0 unspecified atom stereocenters. The number of amides is 1. The van der Waals surface area contributed by atoms with Gasteiger partial charge in [0.1, 0.15) is 0 Å². The SMILES string of the molecule is Cc1ccc(N(Cc2cnn(C)c2)C(=O)c2[nH]c(=O)[nH]c(=O)c2F)cc1. The smallest absolute Gasteiger partial charge is 0.302 e. The Hall–Kier alpha value is -3.49. The average molecular weight is 357 g/mol. The van der Waals surface area contributed by atoms with Crippen LogP contribution in [0.1, 0.15) is 21.6 Å². The summed E-state index contributed by atoms with van der Waals surface area (Å²) in [4.78, 5) is 41.0. The molecule has 1 aromatic carbocycles. The topological polar surface area (TPSA) is 104 Å². The third-order valence-electron chi connectivity index (χ3n) is 3.79. The highest BCUT2D eigenvalue weighted by Crippen LogP contribution is 2.20. The second-order valence-corrected chi connectivity index (χ2v) is 5.85. The molecule has 134 valence electrons. The number of nitrogens with one attached hydrogen (secondary N) is 2. The van der Waals surface area contributed by atoms with Gasteiger partial charge in [0, 0.05) is 24.5 Å². The minimum Gasteiger partial charge on any atom is -0.302 e. The zero-order valence-corrected chi connectivity index (χ0v) is 14.1. The van der Waals surface area contributed by atoms with Gasteiger partial charge >= 0.3 is 5.69 Å². The summed E-state index contributed by atoms with van der Waals surface area (Å²) in [6.45, 7) is 1.98. The number of carbonyl (C=O) groups excluding carboxylic acids is 1. The zero-order valence-electron chi connectivity index (χ0n) is 14.1. The van der Waals surface area contributed by atoms with Crippen LogP contribution in [0.15, 0.2) is 46.2 Å². The first kappa shape index (κ1) is 17.3. The first-order valence-corrected chi connectivity index (χ1v) is 7.73. The van der Waals surface area contributed by atoms with Gasteiger partial charge in [0.05, 0.1) is 12.7 Å². The number of benzene rings is 1. The van der Waals surface area contributed by atoms with E-state index in [1.807, 2.05) is 6.92 Å². The first-order chi connectivity index (χ1) is 12.3. The van der Waals surface area contributed by atoms with Crippen LogP contribution in [0.2, 0.25) is 0 Å². The predicted molar refractivity (Wildman–Crippen MR) is 92.5 cm³/mol. The van der Waals surface area contributed by atoms with E-state index >= 15 is 0 Å². The fourth-order valence-electron chi connectivity index (χ4n) is 2.49. The highest BCUT2D eigenvalue weighted by atomic mass is 19.1. The number of aryl methyl sites for hydroxylation is 2. The second kappa shape index (κ2) is 6.79. The second-order valence-electron chi connectivity index (χ2n) is 5.85. The van der Waals surface area contributed by atoms with Gasteiger partial charge in [0.2, 0.25) is 5.82 Å². The third kappa shape index (κ3) is 3.46. The Morgan fingerprint density at radius 3 is 2.54 bits per heavy atom. The monoisotopic (exact) mass is 357 g/mol. The van der Waals surface area contributed by atoms with Crippen molar-refractivity contribution in [1.82, 2.24) is 19.7 Å². The fourth-order valence-corrected chi connectivity index (χ4v) is 2.49. The lowest BCUT2D eigenvalue weighted by Crippen LogP contribution is -2.37. The Bertz CT molecular complexity index is 1060. The summed E-state index contributed by atoms with van der Waals surface area (Å²) in [5.41, 5.74) is -0.715. The fraction of sp³-hybridized carbons (Fsp3) is 0.176. The largest absolute Gasteiger partial charge is 0.326 e. The van der Waals surface area contributed by atoms with E-state index in [-0.39, 0.29) is 6.54 Å². The van der Waals surface area contributed by atoms with Crippen molar-refractivity contribution in [3.05, 3.63) is 80.1 Å². The minimum absolute atomic E-state index is 0.0873. The van der Waals surface area contributed by atoms with Gasteiger partial charge in [-0.05, 0) is 19.1 Å². The Morgan fingerprint density at radius 2 is 1.92 bits per heavy atom. The number of halogens is 1. The van der Waals surface area contributed by atoms with Gasteiger partial charge in [-0.2, -0.15) is 9.49 Å². The van der Waals surface area contributed by atoms with Gasteiger partial charge in [-0.25, -0.2) is 4.79 Å². The summed E-state index contributed by atoms with van der Waals surface area (Å²) in [7, 11) is 1.73. The molecule has 0 aliphatic heterocycles. The highest BCUT2D eigenvalue weighted by Gasteiger charge is 2.24. The average Bonchev–Trinajstić information content (AvgIpc) is 3.01. The lowest BCUT2D eigenvalue weighted by Gasteiger charge is -2.22. The third-order valence-corrected chi connectivity index (χ3v) is 3.79. The van der Waals surface area contributed by atoms with E-state index in [2.05, 4.69) is 10.1 Å². The van der Waals surface area contributed by atoms with Crippen LogP contribution in [0.5, 0.6) is 0 Å². The summed E-state index contributed by atoms with van der Waals surface area (Å²) in [6, 6.07) is 7.01. The quantitative estimate of drug-likeness (QED) is 0.729. The molecule has 8 nitrogen and oxygen atoms in total. The minimum atomic E-state index is -1.34. The molecule has 0 atom stereocenters. The summed E-state index contributed by atoms with van der Waals surface area (Å²) in [5.74, 6) is -2.17. The number of carbonyl (C=O) groups is 1. The summed E-state index contributed by atoms with van der Waals surface area (Å²) < 4.78 is 15.7. The Balaban J connectivity index is 2.07. The maximum absolute atomic E-state index is 14.1. The molecule has 0 radical (unpaired) electrons. The molecule has 3 rings (SSSR count). The molecule has 0 aliphatic rings. The van der Waals surface area contributed by atoms with Crippen molar-refractivity contribution >= 4 is 11.6 Å². The van der Waals surface area contributed by atoms with Gasteiger partial charge in [0.15, 0.2) is 5.69 Å². The Kier molecular flexibility index (Phi) is 4.53. The molecule has 26 heavy (non-hydrogen) atoms. The molecule has 2 aromatic heterocycles. The van der Waals surface area contributed by atoms with Crippen LogP contribution in [-0.4, -0.2) is 25.7 Å². The molecule has 1 amide bonds. The van der Waals surface area contributed by atoms with E-state index in [1.54, 1.807) is 53.4 Å². The first-order valence-electron chi connectivity index (χ1n) is 7.73. The molecule has 0 aliphatic carbocycles. The van der Waals surface area contributed by atoms with Crippen LogP contribution in [0.3, 0.4) is 0 Å². The van der Waals surface area contributed by atoms with Crippen molar-refractivity contribution in [3.8, 4) is 0 Å². The summed E-state index contributed by atoms with van der Waals surface area (Å²) in [5, 5.41) is 4.05. The van der Waals surface area contributed by atoms with Crippen LogP contribution in [0.25, 0.3) is 0 Å². The molecule has 0 saturated carbocycles. The Labute approximate surface area is 146 Å². The van der Waals surface area contributed by atoms with E-state index in [0.717, 1.165) is 5.56 Å². The van der Waals surface area contributed by atoms with E-state index in [9.17, 15) is 18.8 Å². The molecular formula is C17H16FN5O3. The lowest BCUT2D eigenvalue weighted by molar-refractivity contribution is 0.0975. The molecule has 2 N–H and O–H groups in total. The molecule has 9 heteroatoms. The van der Waals surface area contributed by atoms with Gasteiger partial charge in [0.25, 0.3) is 11.5 Å². The van der Waals surface area contributed by atoms with Crippen molar-refractivity contribution < 1.29 is 9.18 Å². The number of aromatic nitrogens is 4. The van der Waals surface area contributed by atoms with E-state index in [1.165, 1.54) is 4.90 Å². The maximum Gasteiger partial charge on any atom is 0.326 e. The standard InChI is InChI=1S/C17H16FN5O3/c1-10-3-5-12(6-4-10)23(9-11-7-19-22(2)8-11)16(25)14-13(18)15(24)21-17(26)20-14/h3-8H,9H2,1-2H3,(H2,20,21,24,26). The van der Waals surface area contributed by atoms with Crippen LogP contribution in [0, 0.1) is 12.7 Å². The zero-order chi connectivity index (χ0) is 18.8. The van der Waals surface area contributed by atoms with Gasteiger partial charge in [-0.15, -0.1) is 0 Å². The molecular weight excluding hydrogens is 341 g/mol. The maximum atomic E-state index is 14.1. The highest BCUT2D eigenvalue weighted by molar-refractivity contribution is 6.04. The van der Waals surface area contributed by atoms with E-state index in [4.69, 9.17) is 0 Å². The normalized spacial score (nSPS) is 10.7. The number of nitrogens with zero attached hydrogens (tertiary/aromatic N) is 3. The number of anilines is 1. The van der Waals surface area contributed by atoms with Crippen molar-refractivity contribution in [3.63, 3.8) is 0 Å². The van der Waals surface area contributed by atoms with Gasteiger partial charge in [-0.3, -0.25) is 19.3 Å². The molecule has 0 bridgehead atoms. The van der Waals surface area contributed by atoms with Gasteiger partial charge in [-0.1, -0.05) is 17.7 Å². The molecule has 0 spiro atoms. The van der Waals surface area contributed by atoms with Crippen LogP contribution in [-0.2, 0) is 13.6 Å². The van der Waals surface area contributed by atoms with Crippen molar-refractivity contribution in [2.45, 2.75) is 13.5 Å². The summed E-state index contributed by atoms with van der Waals surface area (Å²) in [6.07, 6.45) is 3.29. The molecule has 3 aromatic rings. The van der Waals surface area contributed by atoms with Crippen LogP contribution in [0.4, 0.5) is 10.1 Å². The van der Waals surface area contributed by atoms with E-state index < -0.39 is 28.7 Å². The van der Waals surface area contributed by atoms with Crippen molar-refractivity contribution in [1.29, 1.82) is 0 Å². The number of aromatic amines is 2. The summed E-state index contributed by atoms with van der Waals surface area (Å²) >= 11 is 0. The number of H-pyrrole nitrogens is 2. The Morgan fingerprint density at radius 1 is 1.23 bits per heavy atom. The molecule has 0 fully saturated rings. The molecule has 0 saturated heterocycles. The predicted octanol–water partition coefficient (Wildman–Crippen LogP) is 1.09. The number of hydrogen-bond acceptors (Lipinski definition) is 4. The number of hydrogen-bond donors (Lipinski definition) is 2. The van der Waals surface area contributed by atoms with Crippen molar-refractivity contribution in [2.24, 2.45) is 7.05 Å². The van der Waals surface area contributed by atoms with E-state index in [0.29, 0.717) is 11.3 Å². The molecule has 2 heterocycles. The van der Waals surface area contributed by atoms with Crippen LogP contribution < -0.4 is 16.1 Å². The number of rotatable bonds is 4. The van der Waals surface area contributed by atoms with Crippen molar-refractivity contribution in [2.75, 3.05) is 4.90 Å². The van der Waals surface area contributed by atoms with Gasteiger partial charge < -0.3 is 9.88 Å².